The first-order valence-electron chi connectivity index (χ1n) is 9.58. The van der Waals surface area contributed by atoms with Gasteiger partial charge in [0, 0.05) is 32.3 Å². The normalized spacial score (nSPS) is 14.5. The Bertz CT molecular complexity index is 1090. The van der Waals surface area contributed by atoms with E-state index >= 15 is 0 Å². The molecule has 3 aromatic rings. The molecule has 0 radical (unpaired) electrons. The number of para-hydroxylation sites is 1. The highest BCUT2D eigenvalue weighted by atomic mass is 32.1. The third-order valence-electron chi connectivity index (χ3n) is 5.05. The van der Waals surface area contributed by atoms with Gasteiger partial charge in [0.05, 0.1) is 18.9 Å². The summed E-state index contributed by atoms with van der Waals surface area (Å²) in [6.45, 7) is 2.51. The van der Waals surface area contributed by atoms with Crippen molar-refractivity contribution in [1.29, 1.82) is 0 Å². The van der Waals surface area contributed by atoms with Gasteiger partial charge in [-0.05, 0) is 35.9 Å². The highest BCUT2D eigenvalue weighted by Crippen LogP contribution is 2.31. The van der Waals surface area contributed by atoms with E-state index in [0.717, 1.165) is 15.4 Å². The molecule has 1 saturated heterocycles. The van der Waals surface area contributed by atoms with Gasteiger partial charge in [-0.3, -0.25) is 4.79 Å². The third-order valence-corrected chi connectivity index (χ3v) is 6.13. The summed E-state index contributed by atoms with van der Waals surface area (Å²) in [6, 6.07) is 10.5. The van der Waals surface area contributed by atoms with Crippen molar-refractivity contribution in [2.45, 2.75) is 0 Å². The van der Waals surface area contributed by atoms with Gasteiger partial charge in [0.25, 0.3) is 0 Å². The maximum atomic E-state index is 13.9. The van der Waals surface area contributed by atoms with Gasteiger partial charge in [0.15, 0.2) is 16.6 Å². The van der Waals surface area contributed by atoms with Crippen molar-refractivity contribution < 1.29 is 18.7 Å². The van der Waals surface area contributed by atoms with Crippen molar-refractivity contribution in [3.63, 3.8) is 0 Å². The standard InChI is InChI=1S/C22H22FN3O3S/c1-28-17-8-6-15(14-18(17)29-2)7-9-20(27)25-10-12-26(13-11-25)22-24-21-16(23)4-3-5-19(21)30-22/h3-9,14H,10-13H2,1-2H3/b9-7-. The number of ether oxygens (including phenoxy) is 2. The molecule has 156 valence electrons. The van der Waals surface area contributed by atoms with Crippen LogP contribution in [0.15, 0.2) is 42.5 Å². The van der Waals surface area contributed by atoms with Crippen LogP contribution < -0.4 is 14.4 Å². The maximum Gasteiger partial charge on any atom is 0.246 e. The second-order valence-electron chi connectivity index (χ2n) is 6.84. The first kappa shape index (κ1) is 20.2. The molecule has 1 amide bonds. The van der Waals surface area contributed by atoms with Crippen molar-refractivity contribution in [3.05, 3.63) is 53.9 Å². The summed E-state index contributed by atoms with van der Waals surface area (Å²) in [5.74, 6) is 0.920. The van der Waals surface area contributed by atoms with E-state index < -0.39 is 0 Å². The van der Waals surface area contributed by atoms with Crippen LogP contribution in [-0.2, 0) is 4.79 Å². The van der Waals surface area contributed by atoms with E-state index in [4.69, 9.17) is 9.47 Å². The highest BCUT2D eigenvalue weighted by molar-refractivity contribution is 7.22. The number of thiazole rings is 1. The number of nitrogens with zero attached hydrogens (tertiary/aromatic N) is 3. The average Bonchev–Trinajstić information content (AvgIpc) is 3.23. The molecule has 0 unspecified atom stereocenters. The van der Waals surface area contributed by atoms with Gasteiger partial charge in [-0.1, -0.05) is 23.5 Å². The van der Waals surface area contributed by atoms with Crippen LogP contribution in [-0.4, -0.2) is 56.2 Å². The largest absolute Gasteiger partial charge is 0.493 e. The molecule has 1 aromatic heterocycles. The fraction of sp³-hybridized carbons (Fsp3) is 0.273. The van der Waals surface area contributed by atoms with Crippen LogP contribution in [0, 0.1) is 5.82 Å². The minimum absolute atomic E-state index is 0.0419. The summed E-state index contributed by atoms with van der Waals surface area (Å²) in [5.41, 5.74) is 1.27. The molecule has 0 atom stereocenters. The van der Waals surface area contributed by atoms with E-state index in [0.29, 0.717) is 43.2 Å². The van der Waals surface area contributed by atoms with E-state index in [1.807, 2.05) is 29.2 Å². The average molecular weight is 428 g/mol. The summed E-state index contributed by atoms with van der Waals surface area (Å²) in [5, 5.41) is 0.795. The predicted molar refractivity (Wildman–Crippen MR) is 117 cm³/mol. The zero-order chi connectivity index (χ0) is 21.1. The lowest BCUT2D eigenvalue weighted by atomic mass is 10.2. The third kappa shape index (κ3) is 4.09. The first-order valence-corrected chi connectivity index (χ1v) is 10.4. The van der Waals surface area contributed by atoms with Crippen molar-refractivity contribution in [3.8, 4) is 11.5 Å². The second-order valence-corrected chi connectivity index (χ2v) is 7.85. The number of fused-ring (bicyclic) bond motifs is 1. The number of carbonyl (C=O) groups is 1. The van der Waals surface area contributed by atoms with Gasteiger partial charge in [0.1, 0.15) is 11.3 Å². The van der Waals surface area contributed by atoms with E-state index in [1.54, 1.807) is 32.4 Å². The van der Waals surface area contributed by atoms with E-state index in [2.05, 4.69) is 9.88 Å². The molecule has 6 nitrogen and oxygen atoms in total. The van der Waals surface area contributed by atoms with Crippen molar-refractivity contribution in [2.24, 2.45) is 0 Å². The number of carbonyl (C=O) groups excluding carboxylic acids is 1. The fourth-order valence-electron chi connectivity index (χ4n) is 3.39. The highest BCUT2D eigenvalue weighted by Gasteiger charge is 2.22. The number of amides is 1. The lowest BCUT2D eigenvalue weighted by Gasteiger charge is -2.34. The van der Waals surface area contributed by atoms with Gasteiger partial charge in [0.2, 0.25) is 5.91 Å². The van der Waals surface area contributed by atoms with Crippen LogP contribution >= 0.6 is 11.3 Å². The molecule has 0 aliphatic carbocycles. The van der Waals surface area contributed by atoms with E-state index in [-0.39, 0.29) is 11.7 Å². The summed E-state index contributed by atoms with van der Waals surface area (Å²) < 4.78 is 25.3. The Labute approximate surface area is 178 Å². The minimum atomic E-state index is -0.302. The Morgan fingerprint density at radius 2 is 1.87 bits per heavy atom. The molecule has 30 heavy (non-hydrogen) atoms. The molecule has 2 heterocycles. The second kappa shape index (κ2) is 8.71. The van der Waals surface area contributed by atoms with Gasteiger partial charge >= 0.3 is 0 Å². The topological polar surface area (TPSA) is 54.9 Å². The Hall–Kier alpha value is -3.13. The van der Waals surface area contributed by atoms with Crippen molar-refractivity contribution >= 4 is 38.7 Å². The number of hydrogen-bond donors (Lipinski definition) is 0. The van der Waals surface area contributed by atoms with Crippen LogP contribution in [0.4, 0.5) is 9.52 Å². The number of anilines is 1. The molecule has 0 saturated carbocycles. The van der Waals surface area contributed by atoms with E-state index in [9.17, 15) is 9.18 Å². The first-order chi connectivity index (χ1) is 14.6. The molecule has 1 fully saturated rings. The Kier molecular flexibility index (Phi) is 5.85. The lowest BCUT2D eigenvalue weighted by Crippen LogP contribution is -2.48. The molecule has 1 aliphatic rings. The minimum Gasteiger partial charge on any atom is -0.493 e. The molecule has 0 spiro atoms. The number of hydrogen-bond acceptors (Lipinski definition) is 6. The smallest absolute Gasteiger partial charge is 0.246 e. The van der Waals surface area contributed by atoms with Crippen molar-refractivity contribution in [2.75, 3.05) is 45.3 Å². The molecule has 0 bridgehead atoms. The number of methoxy groups -OCH3 is 2. The van der Waals surface area contributed by atoms with Gasteiger partial charge in [-0.15, -0.1) is 0 Å². The molecular formula is C22H22FN3O3S. The number of benzene rings is 2. The number of aromatic nitrogens is 1. The zero-order valence-corrected chi connectivity index (χ0v) is 17.6. The van der Waals surface area contributed by atoms with Crippen LogP contribution in [0.2, 0.25) is 0 Å². The summed E-state index contributed by atoms with van der Waals surface area (Å²) in [6.07, 6.45) is 3.34. The molecule has 0 N–H and O–H groups in total. The molecule has 2 aromatic carbocycles. The Morgan fingerprint density at radius 3 is 2.57 bits per heavy atom. The lowest BCUT2D eigenvalue weighted by molar-refractivity contribution is -0.126. The maximum absolute atomic E-state index is 13.9. The van der Waals surface area contributed by atoms with Crippen LogP contribution in [0.1, 0.15) is 5.56 Å². The Morgan fingerprint density at radius 1 is 1.10 bits per heavy atom. The molecule has 4 rings (SSSR count). The monoisotopic (exact) mass is 427 g/mol. The quantitative estimate of drug-likeness (QED) is 0.580. The zero-order valence-electron chi connectivity index (χ0n) is 16.8. The van der Waals surface area contributed by atoms with E-state index in [1.165, 1.54) is 17.4 Å². The summed E-state index contributed by atoms with van der Waals surface area (Å²) in [4.78, 5) is 20.9. The number of rotatable bonds is 5. The predicted octanol–water partition coefficient (Wildman–Crippen LogP) is 3.81. The van der Waals surface area contributed by atoms with Gasteiger partial charge in [-0.25, -0.2) is 9.37 Å². The van der Waals surface area contributed by atoms with Crippen LogP contribution in [0.3, 0.4) is 0 Å². The number of piperazine rings is 1. The molecule has 8 heteroatoms. The fourth-order valence-corrected chi connectivity index (χ4v) is 4.42. The van der Waals surface area contributed by atoms with Gasteiger partial charge < -0.3 is 19.3 Å². The van der Waals surface area contributed by atoms with Gasteiger partial charge in [-0.2, -0.15) is 0 Å². The summed E-state index contributed by atoms with van der Waals surface area (Å²) in [7, 11) is 3.16. The number of halogens is 1. The summed E-state index contributed by atoms with van der Waals surface area (Å²) >= 11 is 1.48. The Balaban J connectivity index is 1.38. The van der Waals surface area contributed by atoms with Crippen LogP contribution in [0.5, 0.6) is 11.5 Å². The SMILES string of the molecule is COc1ccc(/C=C\C(=O)N2CCN(c3nc4c(F)cccc4s3)CC2)cc1OC. The molecule has 1 aliphatic heterocycles. The molecular weight excluding hydrogens is 405 g/mol. The van der Waals surface area contributed by atoms with Crippen LogP contribution in [0.25, 0.3) is 16.3 Å². The van der Waals surface area contributed by atoms with Crippen molar-refractivity contribution in [1.82, 2.24) is 9.88 Å².